The number of hydrogen-bond acceptors (Lipinski definition) is 3. The quantitative estimate of drug-likeness (QED) is 0.758. The Labute approximate surface area is 86.1 Å². The molecular formula is C8H9FN2O3S. The van der Waals surface area contributed by atoms with Gasteiger partial charge in [-0.15, -0.1) is 0 Å². The zero-order chi connectivity index (χ0) is 11.6. The molecule has 0 heterocycles. The second kappa shape index (κ2) is 3.95. The van der Waals surface area contributed by atoms with E-state index in [0.29, 0.717) is 0 Å². The van der Waals surface area contributed by atoms with Crippen LogP contribution in [0.3, 0.4) is 0 Å². The number of carbonyl (C=O) groups is 1. The molecule has 15 heavy (non-hydrogen) atoms. The Morgan fingerprint density at radius 2 is 2.07 bits per heavy atom. The first-order valence-corrected chi connectivity index (χ1v) is 5.39. The van der Waals surface area contributed by atoms with Crippen LogP contribution in [0.25, 0.3) is 0 Å². The number of hydrogen-bond donors (Lipinski definition) is 2. The fraction of sp³-hybridized carbons (Fsp3) is 0.125. The lowest BCUT2D eigenvalue weighted by Gasteiger charge is -2.04. The predicted octanol–water partition coefficient (Wildman–Crippen LogP) is -0.167. The third-order valence-corrected chi connectivity index (χ3v) is 3.19. The second-order valence-corrected chi connectivity index (χ2v) is 4.60. The van der Waals surface area contributed by atoms with Crippen molar-refractivity contribution in [1.82, 2.24) is 4.72 Å². The van der Waals surface area contributed by atoms with Crippen molar-refractivity contribution in [1.29, 1.82) is 0 Å². The number of halogens is 1. The highest BCUT2D eigenvalue weighted by Crippen LogP contribution is 2.14. The minimum absolute atomic E-state index is 0.208. The Balaban J connectivity index is 3.38. The molecule has 0 aliphatic carbocycles. The van der Waals surface area contributed by atoms with Gasteiger partial charge in [-0.25, -0.2) is 17.5 Å². The number of sulfonamides is 1. The molecule has 0 radical (unpaired) electrons. The molecule has 1 rings (SSSR count). The predicted molar refractivity (Wildman–Crippen MR) is 51.2 cm³/mol. The van der Waals surface area contributed by atoms with Crippen LogP contribution in [0.4, 0.5) is 4.39 Å². The summed E-state index contributed by atoms with van der Waals surface area (Å²) in [6.45, 7) is 0. The fourth-order valence-corrected chi connectivity index (χ4v) is 1.73. The van der Waals surface area contributed by atoms with E-state index in [1.165, 1.54) is 7.05 Å². The first kappa shape index (κ1) is 11.6. The van der Waals surface area contributed by atoms with Crippen molar-refractivity contribution in [2.75, 3.05) is 7.05 Å². The third-order valence-electron chi connectivity index (χ3n) is 1.78. The molecule has 0 spiro atoms. The average molecular weight is 232 g/mol. The van der Waals surface area contributed by atoms with Crippen LogP contribution < -0.4 is 10.5 Å². The molecule has 0 fully saturated rings. The van der Waals surface area contributed by atoms with Gasteiger partial charge >= 0.3 is 0 Å². The molecule has 0 aliphatic heterocycles. The molecular weight excluding hydrogens is 223 g/mol. The monoisotopic (exact) mass is 232 g/mol. The van der Waals surface area contributed by atoms with Crippen LogP contribution in [0.1, 0.15) is 10.4 Å². The molecule has 0 bridgehead atoms. The summed E-state index contributed by atoms with van der Waals surface area (Å²) in [7, 11) is -2.48. The van der Waals surface area contributed by atoms with Crippen LogP contribution in [-0.4, -0.2) is 21.4 Å². The summed E-state index contributed by atoms with van der Waals surface area (Å²) in [6.07, 6.45) is 0. The SMILES string of the molecule is CNS(=O)(=O)c1ccc(F)c(C(N)=O)c1. The Bertz CT molecular complexity index is 499. The zero-order valence-electron chi connectivity index (χ0n) is 7.82. The van der Waals surface area contributed by atoms with E-state index in [0.717, 1.165) is 18.2 Å². The van der Waals surface area contributed by atoms with Gasteiger partial charge in [-0.05, 0) is 25.2 Å². The van der Waals surface area contributed by atoms with E-state index in [2.05, 4.69) is 0 Å². The molecule has 3 N–H and O–H groups in total. The lowest BCUT2D eigenvalue weighted by molar-refractivity contribution is 0.0996. The molecule has 0 unspecified atom stereocenters. The van der Waals surface area contributed by atoms with E-state index >= 15 is 0 Å². The molecule has 0 aromatic heterocycles. The summed E-state index contributed by atoms with van der Waals surface area (Å²) >= 11 is 0. The third kappa shape index (κ3) is 2.31. The largest absolute Gasteiger partial charge is 0.366 e. The van der Waals surface area contributed by atoms with E-state index in [-0.39, 0.29) is 4.90 Å². The molecule has 82 valence electrons. The smallest absolute Gasteiger partial charge is 0.251 e. The molecule has 0 saturated heterocycles. The van der Waals surface area contributed by atoms with Crippen LogP contribution in [-0.2, 0) is 10.0 Å². The van der Waals surface area contributed by atoms with Gasteiger partial charge in [-0.3, -0.25) is 4.79 Å². The molecule has 1 aromatic carbocycles. The molecule has 0 saturated carbocycles. The van der Waals surface area contributed by atoms with Gasteiger partial charge in [0.2, 0.25) is 10.0 Å². The summed E-state index contributed by atoms with van der Waals surface area (Å²) in [4.78, 5) is 10.5. The Morgan fingerprint density at radius 3 is 2.53 bits per heavy atom. The van der Waals surface area contributed by atoms with E-state index in [4.69, 9.17) is 5.73 Å². The number of nitrogens with one attached hydrogen (secondary N) is 1. The van der Waals surface area contributed by atoms with Crippen LogP contribution in [0.2, 0.25) is 0 Å². The van der Waals surface area contributed by atoms with Gasteiger partial charge in [-0.1, -0.05) is 0 Å². The maximum Gasteiger partial charge on any atom is 0.251 e. The first-order valence-electron chi connectivity index (χ1n) is 3.91. The summed E-state index contributed by atoms with van der Waals surface area (Å²) in [5.41, 5.74) is 4.42. The maximum atomic E-state index is 13.0. The molecule has 0 aliphatic rings. The highest BCUT2D eigenvalue weighted by atomic mass is 32.2. The van der Waals surface area contributed by atoms with Crippen molar-refractivity contribution < 1.29 is 17.6 Å². The van der Waals surface area contributed by atoms with Crippen molar-refractivity contribution in [2.45, 2.75) is 4.90 Å². The number of amides is 1. The lowest BCUT2D eigenvalue weighted by atomic mass is 10.2. The summed E-state index contributed by atoms with van der Waals surface area (Å²) in [5, 5.41) is 0. The van der Waals surface area contributed by atoms with Crippen LogP contribution in [0.5, 0.6) is 0 Å². The molecule has 1 aromatic rings. The number of primary amides is 1. The normalized spacial score (nSPS) is 11.3. The van der Waals surface area contributed by atoms with Gasteiger partial charge in [0, 0.05) is 0 Å². The topological polar surface area (TPSA) is 89.3 Å². The van der Waals surface area contributed by atoms with Crippen molar-refractivity contribution in [3.63, 3.8) is 0 Å². The lowest BCUT2D eigenvalue weighted by Crippen LogP contribution is -2.20. The second-order valence-electron chi connectivity index (χ2n) is 2.71. The number of rotatable bonds is 3. The standard InChI is InChI=1S/C8H9FN2O3S/c1-11-15(13,14)5-2-3-7(9)6(4-5)8(10)12/h2-4,11H,1H3,(H2,10,12). The maximum absolute atomic E-state index is 13.0. The van der Waals surface area contributed by atoms with E-state index in [1.54, 1.807) is 0 Å². The number of carbonyl (C=O) groups excluding carboxylic acids is 1. The molecule has 1 amide bonds. The van der Waals surface area contributed by atoms with Crippen molar-refractivity contribution >= 4 is 15.9 Å². The Morgan fingerprint density at radius 1 is 1.47 bits per heavy atom. The van der Waals surface area contributed by atoms with Crippen LogP contribution in [0.15, 0.2) is 23.1 Å². The van der Waals surface area contributed by atoms with Gasteiger partial charge in [0.05, 0.1) is 10.5 Å². The zero-order valence-corrected chi connectivity index (χ0v) is 8.64. The van der Waals surface area contributed by atoms with Gasteiger partial charge in [-0.2, -0.15) is 0 Å². The van der Waals surface area contributed by atoms with E-state index in [1.807, 2.05) is 4.72 Å². The summed E-state index contributed by atoms with van der Waals surface area (Å²) in [5.74, 6) is -1.86. The van der Waals surface area contributed by atoms with E-state index < -0.39 is 27.3 Å². The van der Waals surface area contributed by atoms with Gasteiger partial charge < -0.3 is 5.73 Å². The van der Waals surface area contributed by atoms with Gasteiger partial charge in [0.25, 0.3) is 5.91 Å². The highest BCUT2D eigenvalue weighted by molar-refractivity contribution is 7.89. The number of benzene rings is 1. The van der Waals surface area contributed by atoms with Crippen molar-refractivity contribution in [2.24, 2.45) is 5.73 Å². The number of nitrogens with two attached hydrogens (primary N) is 1. The minimum Gasteiger partial charge on any atom is -0.366 e. The first-order chi connectivity index (χ1) is 6.88. The molecule has 7 heteroatoms. The fourth-order valence-electron chi connectivity index (χ4n) is 0.978. The van der Waals surface area contributed by atoms with Crippen molar-refractivity contribution in [3.8, 4) is 0 Å². The molecule has 5 nitrogen and oxygen atoms in total. The summed E-state index contributed by atoms with van der Waals surface area (Å²) < 4.78 is 37.6. The Kier molecular flexibility index (Phi) is 3.06. The average Bonchev–Trinajstić information content (AvgIpc) is 2.17. The van der Waals surface area contributed by atoms with Gasteiger partial charge in [0.15, 0.2) is 0 Å². The van der Waals surface area contributed by atoms with Crippen LogP contribution >= 0.6 is 0 Å². The highest BCUT2D eigenvalue weighted by Gasteiger charge is 2.16. The molecule has 0 atom stereocenters. The Hall–Kier alpha value is -1.47. The minimum atomic E-state index is -3.70. The van der Waals surface area contributed by atoms with E-state index in [9.17, 15) is 17.6 Å². The van der Waals surface area contributed by atoms with Crippen molar-refractivity contribution in [3.05, 3.63) is 29.6 Å². The summed E-state index contributed by atoms with van der Waals surface area (Å²) in [6, 6.07) is 2.82. The van der Waals surface area contributed by atoms with Crippen LogP contribution in [0, 0.1) is 5.82 Å². The van der Waals surface area contributed by atoms with Gasteiger partial charge in [0.1, 0.15) is 5.82 Å².